The van der Waals surface area contributed by atoms with Crippen molar-refractivity contribution in [1.82, 2.24) is 9.80 Å². The van der Waals surface area contributed by atoms with Crippen LogP contribution in [0.25, 0.3) is 11.1 Å². The van der Waals surface area contributed by atoms with Crippen LogP contribution in [0.4, 0.5) is 17.6 Å². The zero-order chi connectivity index (χ0) is 26.2. The first-order chi connectivity index (χ1) is 17.7. The molecule has 37 heavy (non-hydrogen) atoms. The van der Waals surface area contributed by atoms with Crippen molar-refractivity contribution in [2.75, 3.05) is 13.1 Å². The first-order valence-corrected chi connectivity index (χ1v) is 12.3. The fourth-order valence-corrected chi connectivity index (χ4v) is 5.39. The van der Waals surface area contributed by atoms with Gasteiger partial charge in [-0.2, -0.15) is 13.2 Å². The third-order valence-electron chi connectivity index (χ3n) is 7.35. The van der Waals surface area contributed by atoms with Crippen LogP contribution in [0.15, 0.2) is 72.8 Å². The predicted molar refractivity (Wildman–Crippen MR) is 131 cm³/mol. The first kappa shape index (κ1) is 25.0. The summed E-state index contributed by atoms with van der Waals surface area (Å²) in [6.45, 7) is 1.25. The van der Waals surface area contributed by atoms with Gasteiger partial charge in [0.05, 0.1) is 5.56 Å². The molecule has 2 amide bonds. The lowest BCUT2D eigenvalue weighted by Gasteiger charge is -2.47. The highest BCUT2D eigenvalue weighted by molar-refractivity contribution is 5.95. The van der Waals surface area contributed by atoms with E-state index in [0.717, 1.165) is 23.3 Å². The first-order valence-electron chi connectivity index (χ1n) is 12.3. The minimum atomic E-state index is -4.40. The zero-order valence-electron chi connectivity index (χ0n) is 20.0. The van der Waals surface area contributed by atoms with Gasteiger partial charge in [-0.15, -0.1) is 0 Å². The molecule has 0 spiro atoms. The largest absolute Gasteiger partial charge is 0.416 e. The van der Waals surface area contributed by atoms with E-state index in [0.29, 0.717) is 43.5 Å². The van der Waals surface area contributed by atoms with E-state index in [4.69, 9.17) is 0 Å². The third-order valence-corrected chi connectivity index (χ3v) is 7.35. The fourth-order valence-electron chi connectivity index (χ4n) is 5.39. The molecule has 5 rings (SSSR count). The van der Waals surface area contributed by atoms with E-state index in [1.807, 2.05) is 23.1 Å². The topological polar surface area (TPSA) is 40.6 Å². The van der Waals surface area contributed by atoms with Crippen LogP contribution in [0.5, 0.6) is 0 Å². The molecule has 192 valence electrons. The summed E-state index contributed by atoms with van der Waals surface area (Å²) >= 11 is 0. The average molecular weight is 511 g/mol. The molecule has 0 aromatic heterocycles. The summed E-state index contributed by atoms with van der Waals surface area (Å²) in [5.74, 6) is -0.316. The van der Waals surface area contributed by atoms with E-state index >= 15 is 0 Å². The summed E-state index contributed by atoms with van der Waals surface area (Å²) in [4.78, 5) is 29.7. The van der Waals surface area contributed by atoms with Gasteiger partial charge in [-0.1, -0.05) is 36.4 Å². The molecule has 0 bridgehead atoms. The maximum absolute atomic E-state index is 13.4. The standard InChI is InChI=1S/C29H26F4N2O2/c30-25-11-6-20(7-12-25)21-2-1-3-22(16-21)28(37)34-15-14-26-23(18-34)8-13-27(36)35(26)17-19-4-9-24(10-5-19)29(31,32)33/h1-7,9-12,16,23,26H,8,13-15,17-18H2/t23-,26+/m1/s1. The van der Waals surface area contributed by atoms with Gasteiger partial charge in [-0.3, -0.25) is 9.59 Å². The molecule has 2 atom stereocenters. The number of nitrogens with zero attached hydrogens (tertiary/aromatic N) is 2. The molecular formula is C29H26F4N2O2. The van der Waals surface area contributed by atoms with Crippen LogP contribution in [-0.4, -0.2) is 40.7 Å². The van der Waals surface area contributed by atoms with Crippen LogP contribution in [0, 0.1) is 11.7 Å². The van der Waals surface area contributed by atoms with Crippen LogP contribution >= 0.6 is 0 Å². The zero-order valence-corrected chi connectivity index (χ0v) is 20.0. The summed E-state index contributed by atoms with van der Waals surface area (Å²) < 4.78 is 52.0. The molecule has 0 saturated carbocycles. The summed E-state index contributed by atoms with van der Waals surface area (Å²) in [6.07, 6.45) is -2.76. The lowest BCUT2D eigenvalue weighted by atomic mass is 9.83. The minimum Gasteiger partial charge on any atom is -0.338 e. The quantitative estimate of drug-likeness (QED) is 0.394. The highest BCUT2D eigenvalue weighted by atomic mass is 19.4. The average Bonchev–Trinajstić information content (AvgIpc) is 2.90. The molecule has 4 nitrogen and oxygen atoms in total. The number of alkyl halides is 3. The minimum absolute atomic E-state index is 0.00655. The Hall–Kier alpha value is -3.68. The Morgan fingerprint density at radius 1 is 0.919 bits per heavy atom. The lowest BCUT2D eigenvalue weighted by molar-refractivity contribution is -0.141. The van der Waals surface area contributed by atoms with Crippen LogP contribution in [0.3, 0.4) is 0 Å². The van der Waals surface area contributed by atoms with Crippen molar-refractivity contribution in [1.29, 1.82) is 0 Å². The number of amides is 2. The fraction of sp³-hybridized carbons (Fsp3) is 0.310. The number of halogens is 4. The molecule has 0 aliphatic carbocycles. The Balaban J connectivity index is 1.27. The molecule has 2 heterocycles. The number of carbonyl (C=O) groups excluding carboxylic acids is 2. The highest BCUT2D eigenvalue weighted by Crippen LogP contribution is 2.34. The SMILES string of the molecule is O=C(c1cccc(-c2ccc(F)cc2)c1)N1CC[C@H]2[C@H](CCC(=O)N2Cc2ccc(C(F)(F)F)cc2)C1. The second-order valence-electron chi connectivity index (χ2n) is 9.71. The lowest BCUT2D eigenvalue weighted by Crippen LogP contribution is -2.56. The number of hydrogen-bond donors (Lipinski definition) is 0. The number of likely N-dealkylation sites (tertiary alicyclic amines) is 2. The van der Waals surface area contributed by atoms with Gasteiger partial charge in [0.25, 0.3) is 5.91 Å². The van der Waals surface area contributed by atoms with Crippen molar-refractivity contribution < 1.29 is 27.2 Å². The summed E-state index contributed by atoms with van der Waals surface area (Å²) in [5, 5.41) is 0. The van der Waals surface area contributed by atoms with E-state index in [9.17, 15) is 27.2 Å². The summed E-state index contributed by atoms with van der Waals surface area (Å²) in [5.41, 5.74) is 2.13. The van der Waals surface area contributed by atoms with E-state index in [1.54, 1.807) is 23.1 Å². The maximum Gasteiger partial charge on any atom is 0.416 e. The molecule has 0 N–H and O–H groups in total. The van der Waals surface area contributed by atoms with Gasteiger partial charge in [-0.25, -0.2) is 4.39 Å². The van der Waals surface area contributed by atoms with Crippen molar-refractivity contribution in [3.8, 4) is 11.1 Å². The Morgan fingerprint density at radius 2 is 1.65 bits per heavy atom. The van der Waals surface area contributed by atoms with Gasteiger partial charge >= 0.3 is 6.18 Å². The normalized spacial score (nSPS) is 20.1. The predicted octanol–water partition coefficient (Wildman–Crippen LogP) is 6.16. The number of carbonyl (C=O) groups is 2. The van der Waals surface area contributed by atoms with Crippen molar-refractivity contribution in [3.63, 3.8) is 0 Å². The molecule has 8 heteroatoms. The van der Waals surface area contributed by atoms with Gasteiger partial charge in [0.1, 0.15) is 5.82 Å². The molecule has 0 radical (unpaired) electrons. The van der Waals surface area contributed by atoms with E-state index in [2.05, 4.69) is 0 Å². The van der Waals surface area contributed by atoms with Crippen LogP contribution in [-0.2, 0) is 17.5 Å². The molecular weight excluding hydrogens is 484 g/mol. The molecule has 2 aliphatic rings. The number of fused-ring (bicyclic) bond motifs is 1. The molecule has 2 saturated heterocycles. The van der Waals surface area contributed by atoms with E-state index in [1.165, 1.54) is 24.3 Å². The van der Waals surface area contributed by atoms with E-state index in [-0.39, 0.29) is 36.1 Å². The van der Waals surface area contributed by atoms with Gasteiger partial charge in [0, 0.05) is 37.7 Å². The smallest absolute Gasteiger partial charge is 0.338 e. The molecule has 0 unspecified atom stereocenters. The van der Waals surface area contributed by atoms with Crippen molar-refractivity contribution in [3.05, 3.63) is 95.3 Å². The van der Waals surface area contributed by atoms with Gasteiger partial charge < -0.3 is 9.80 Å². The van der Waals surface area contributed by atoms with Crippen molar-refractivity contribution in [2.45, 2.75) is 38.0 Å². The number of benzene rings is 3. The Morgan fingerprint density at radius 3 is 2.35 bits per heavy atom. The Bertz CT molecular complexity index is 1290. The second kappa shape index (κ2) is 10.00. The van der Waals surface area contributed by atoms with Gasteiger partial charge in [0.15, 0.2) is 0 Å². The van der Waals surface area contributed by atoms with Crippen LogP contribution in [0.2, 0.25) is 0 Å². The van der Waals surface area contributed by atoms with E-state index < -0.39 is 11.7 Å². The van der Waals surface area contributed by atoms with Crippen LogP contribution in [0.1, 0.15) is 40.7 Å². The molecule has 2 aliphatic heterocycles. The van der Waals surface area contributed by atoms with Crippen molar-refractivity contribution in [2.24, 2.45) is 5.92 Å². The van der Waals surface area contributed by atoms with Gasteiger partial charge in [0.2, 0.25) is 5.91 Å². The Labute approximate surface area is 212 Å². The molecule has 3 aromatic rings. The number of piperidine rings is 2. The summed E-state index contributed by atoms with van der Waals surface area (Å²) in [7, 11) is 0. The maximum atomic E-state index is 13.4. The monoisotopic (exact) mass is 510 g/mol. The second-order valence-corrected chi connectivity index (χ2v) is 9.71. The summed E-state index contributed by atoms with van der Waals surface area (Å²) in [6, 6.07) is 18.3. The number of rotatable bonds is 4. The van der Waals surface area contributed by atoms with Crippen LogP contribution < -0.4 is 0 Å². The molecule has 3 aromatic carbocycles. The molecule has 2 fully saturated rings. The highest BCUT2D eigenvalue weighted by Gasteiger charge is 2.40. The number of hydrogen-bond acceptors (Lipinski definition) is 2. The van der Waals surface area contributed by atoms with Gasteiger partial charge in [-0.05, 0) is 71.8 Å². The van der Waals surface area contributed by atoms with Crippen molar-refractivity contribution >= 4 is 11.8 Å². The Kier molecular flexibility index (Phi) is 6.75. The third kappa shape index (κ3) is 5.38.